The van der Waals surface area contributed by atoms with E-state index < -0.39 is 0 Å². The summed E-state index contributed by atoms with van der Waals surface area (Å²) in [5.74, 6) is 7.74. The van der Waals surface area contributed by atoms with E-state index in [1.807, 2.05) is 0 Å². The monoisotopic (exact) mass is 911 g/mol. The van der Waals surface area contributed by atoms with E-state index in [-0.39, 0.29) is 6.10 Å². The van der Waals surface area contributed by atoms with E-state index in [9.17, 15) is 0 Å². The van der Waals surface area contributed by atoms with Gasteiger partial charge < -0.3 is 18.9 Å². The van der Waals surface area contributed by atoms with Gasteiger partial charge in [0, 0.05) is 39.6 Å². The molecule has 0 heterocycles. The van der Waals surface area contributed by atoms with Gasteiger partial charge in [0.05, 0.1) is 12.7 Å². The van der Waals surface area contributed by atoms with Crippen molar-refractivity contribution < 1.29 is 18.9 Å². The van der Waals surface area contributed by atoms with Crippen molar-refractivity contribution in [2.24, 2.45) is 58.2 Å². The summed E-state index contributed by atoms with van der Waals surface area (Å²) in [7, 11) is 0. The van der Waals surface area contributed by atoms with Crippen molar-refractivity contribution in [1.29, 1.82) is 0 Å². The van der Waals surface area contributed by atoms with Gasteiger partial charge in [-0.1, -0.05) is 151 Å². The summed E-state index contributed by atoms with van der Waals surface area (Å²) in [6, 6.07) is 0. The van der Waals surface area contributed by atoms with Crippen LogP contribution < -0.4 is 0 Å². The molecule has 4 fully saturated rings. The lowest BCUT2D eigenvalue weighted by Gasteiger charge is -2.61. The van der Waals surface area contributed by atoms with Gasteiger partial charge >= 0.3 is 0 Å². The van der Waals surface area contributed by atoms with E-state index in [2.05, 4.69) is 60.6 Å². The molecule has 0 aliphatic heterocycles. The number of hydrogen-bond donors (Lipinski definition) is 0. The fourth-order valence-corrected chi connectivity index (χ4v) is 14.5. The van der Waals surface area contributed by atoms with Crippen molar-refractivity contribution in [3.63, 3.8) is 0 Å². The van der Waals surface area contributed by atoms with Gasteiger partial charge in [-0.15, -0.1) is 0 Å². The van der Waals surface area contributed by atoms with Crippen LogP contribution in [0.3, 0.4) is 0 Å². The Morgan fingerprint density at radius 1 is 0.508 bits per heavy atom. The fraction of sp³-hybridized carbons (Fsp3) is 0.967. The Morgan fingerprint density at radius 3 is 1.88 bits per heavy atom. The van der Waals surface area contributed by atoms with Gasteiger partial charge in [-0.25, -0.2) is 0 Å². The maximum absolute atomic E-state index is 6.40. The Kier molecular flexibility index (Phi) is 29.9. The minimum absolute atomic E-state index is 0.191. The van der Waals surface area contributed by atoms with Gasteiger partial charge in [0.2, 0.25) is 0 Å². The van der Waals surface area contributed by atoms with Gasteiger partial charge in [-0.3, -0.25) is 0 Å². The fourth-order valence-electron chi connectivity index (χ4n) is 14.5. The van der Waals surface area contributed by atoms with Crippen molar-refractivity contribution >= 4 is 0 Å². The molecule has 4 aliphatic rings. The molecular formula is C61H114O4. The quantitative estimate of drug-likeness (QED) is 0.0453. The van der Waals surface area contributed by atoms with Crippen LogP contribution in [0.25, 0.3) is 0 Å². The first-order valence-electron chi connectivity index (χ1n) is 29.7. The average Bonchev–Trinajstić information content (AvgIpc) is 3.66. The van der Waals surface area contributed by atoms with E-state index in [1.165, 1.54) is 173 Å². The second-order valence-electron chi connectivity index (χ2n) is 23.9. The molecular weight excluding hydrogens is 797 g/mol. The van der Waals surface area contributed by atoms with Gasteiger partial charge in [0.1, 0.15) is 0 Å². The SMILES string of the molecule is CCCCC/C=C\CCCCCCCCCCCOCC(CCCCOCCC)OCCCOCCCC[C@H]1CC[C@@]2(C)C(CC[C@H]3[C@@H]4CC[C@H]([C@H](C)CCCC(C)C)[C@@]4(C)CC[C@@H]32)C1. The van der Waals surface area contributed by atoms with Crippen molar-refractivity contribution in [3.8, 4) is 0 Å². The van der Waals surface area contributed by atoms with E-state index in [0.717, 1.165) is 126 Å². The molecule has 4 saturated carbocycles. The Morgan fingerprint density at radius 2 is 1.14 bits per heavy atom. The molecule has 10 atom stereocenters. The summed E-state index contributed by atoms with van der Waals surface area (Å²) in [4.78, 5) is 0. The van der Waals surface area contributed by atoms with Gasteiger partial charge in [-0.05, 0) is 187 Å². The molecule has 4 nitrogen and oxygen atoms in total. The lowest BCUT2D eigenvalue weighted by atomic mass is 9.44. The third-order valence-corrected chi connectivity index (χ3v) is 18.4. The number of fused-ring (bicyclic) bond motifs is 5. The van der Waals surface area contributed by atoms with Gasteiger partial charge in [-0.2, -0.15) is 0 Å². The normalized spacial score (nSPS) is 28.7. The molecule has 0 bridgehead atoms. The van der Waals surface area contributed by atoms with Crippen molar-refractivity contribution in [3.05, 3.63) is 12.2 Å². The Labute approximate surface area is 406 Å². The predicted octanol–water partition coefficient (Wildman–Crippen LogP) is 18.3. The maximum atomic E-state index is 6.40. The van der Waals surface area contributed by atoms with E-state index in [0.29, 0.717) is 10.8 Å². The average molecular weight is 912 g/mol. The molecule has 0 aromatic carbocycles. The maximum Gasteiger partial charge on any atom is 0.0808 e. The van der Waals surface area contributed by atoms with Crippen LogP contribution in [0.15, 0.2) is 12.2 Å². The zero-order valence-electron chi connectivity index (χ0n) is 45.0. The van der Waals surface area contributed by atoms with Crippen LogP contribution in [-0.2, 0) is 18.9 Å². The van der Waals surface area contributed by atoms with Crippen LogP contribution in [0.1, 0.15) is 267 Å². The molecule has 65 heavy (non-hydrogen) atoms. The molecule has 0 aromatic rings. The largest absolute Gasteiger partial charge is 0.381 e. The highest BCUT2D eigenvalue weighted by Crippen LogP contribution is 2.69. The van der Waals surface area contributed by atoms with Crippen LogP contribution in [0.2, 0.25) is 0 Å². The minimum atomic E-state index is 0.191. The topological polar surface area (TPSA) is 36.9 Å². The van der Waals surface area contributed by atoms with E-state index >= 15 is 0 Å². The molecule has 4 heteroatoms. The summed E-state index contributed by atoms with van der Waals surface area (Å²) >= 11 is 0. The third-order valence-electron chi connectivity index (χ3n) is 18.4. The minimum Gasteiger partial charge on any atom is -0.381 e. The van der Waals surface area contributed by atoms with Crippen LogP contribution in [-0.4, -0.2) is 52.4 Å². The Bertz CT molecular complexity index is 1170. The van der Waals surface area contributed by atoms with Gasteiger partial charge in [0.15, 0.2) is 0 Å². The second-order valence-corrected chi connectivity index (χ2v) is 23.9. The number of unbranched alkanes of at least 4 members (excludes halogenated alkanes) is 14. The standard InChI is InChI=1S/C61H114O4/c1-8-10-11-12-13-14-15-16-17-18-19-20-21-22-23-26-46-64-50-55(34-25-28-44-62-43-9-2)65-48-30-47-63-45-27-24-33-53-39-41-60(6)54(49-53)35-36-56-58-38-37-57(52(5)32-29-31-51(3)4)61(58,7)42-40-59(56)60/h13-14,51-59H,8-12,15-50H2,1-7H3/b14-13-/t52-,53+,54?,55?,56+,57-,58+,59+,60+,61-/m1/s1. The first-order valence-corrected chi connectivity index (χ1v) is 29.7. The van der Waals surface area contributed by atoms with Gasteiger partial charge in [0.25, 0.3) is 0 Å². The molecule has 0 aromatic heterocycles. The highest BCUT2D eigenvalue weighted by atomic mass is 16.5. The van der Waals surface area contributed by atoms with Crippen LogP contribution in [0, 0.1) is 58.2 Å². The summed E-state index contributed by atoms with van der Waals surface area (Å²) in [6.45, 7) is 23.3. The first-order chi connectivity index (χ1) is 31.7. The zero-order chi connectivity index (χ0) is 46.4. The predicted molar refractivity (Wildman–Crippen MR) is 281 cm³/mol. The number of rotatable bonds is 40. The molecule has 4 rings (SSSR count). The van der Waals surface area contributed by atoms with Crippen molar-refractivity contribution in [2.45, 2.75) is 273 Å². The molecule has 2 unspecified atom stereocenters. The van der Waals surface area contributed by atoms with Crippen LogP contribution in [0.4, 0.5) is 0 Å². The molecule has 0 spiro atoms. The third kappa shape index (κ3) is 20.8. The molecule has 0 radical (unpaired) electrons. The van der Waals surface area contributed by atoms with Crippen LogP contribution in [0.5, 0.6) is 0 Å². The summed E-state index contributed by atoms with van der Waals surface area (Å²) in [5.41, 5.74) is 1.24. The smallest absolute Gasteiger partial charge is 0.0808 e. The number of ether oxygens (including phenoxy) is 4. The molecule has 0 amide bonds. The number of hydrogen-bond acceptors (Lipinski definition) is 4. The summed E-state index contributed by atoms with van der Waals surface area (Å²) < 4.78 is 24.5. The molecule has 4 aliphatic carbocycles. The summed E-state index contributed by atoms with van der Waals surface area (Å²) in [6.07, 6.45) is 51.2. The highest BCUT2D eigenvalue weighted by molar-refractivity contribution is 5.09. The lowest BCUT2D eigenvalue weighted by Crippen LogP contribution is -2.53. The van der Waals surface area contributed by atoms with Crippen LogP contribution >= 0.6 is 0 Å². The summed E-state index contributed by atoms with van der Waals surface area (Å²) in [5, 5.41) is 0. The number of allylic oxidation sites excluding steroid dienone is 2. The van der Waals surface area contributed by atoms with E-state index in [1.54, 1.807) is 12.8 Å². The highest BCUT2D eigenvalue weighted by Gasteiger charge is 2.60. The molecule has 382 valence electrons. The molecule has 0 saturated heterocycles. The first kappa shape index (κ1) is 57.2. The second kappa shape index (κ2) is 34.0. The van der Waals surface area contributed by atoms with E-state index in [4.69, 9.17) is 18.9 Å². The van der Waals surface area contributed by atoms with Crippen molar-refractivity contribution in [2.75, 3.05) is 46.2 Å². The Hall–Kier alpha value is -0.420. The lowest BCUT2D eigenvalue weighted by molar-refractivity contribution is -0.121. The molecule has 0 N–H and O–H groups in total. The zero-order valence-corrected chi connectivity index (χ0v) is 45.0. The Balaban J connectivity index is 1.01. The van der Waals surface area contributed by atoms with Crippen molar-refractivity contribution in [1.82, 2.24) is 0 Å².